The quantitative estimate of drug-likeness (QED) is 0.417. The van der Waals surface area contributed by atoms with Crippen LogP contribution in [-0.2, 0) is 22.6 Å². The molecule has 7 nitrogen and oxygen atoms in total. The van der Waals surface area contributed by atoms with E-state index in [0.717, 1.165) is 34.7 Å². The van der Waals surface area contributed by atoms with Crippen molar-refractivity contribution in [2.45, 2.75) is 38.4 Å². The number of fused-ring (bicyclic) bond motifs is 1. The van der Waals surface area contributed by atoms with E-state index in [0.29, 0.717) is 23.1 Å². The normalized spacial score (nSPS) is 19.5. The molecule has 1 aliphatic rings. The fourth-order valence-electron chi connectivity index (χ4n) is 3.74. The van der Waals surface area contributed by atoms with Crippen molar-refractivity contribution in [2.75, 3.05) is 6.54 Å². The van der Waals surface area contributed by atoms with Crippen molar-refractivity contribution < 1.29 is 9.59 Å². The number of thiophene rings is 1. The van der Waals surface area contributed by atoms with E-state index in [-0.39, 0.29) is 17.9 Å². The summed E-state index contributed by atoms with van der Waals surface area (Å²) in [5.41, 5.74) is 1.53. The summed E-state index contributed by atoms with van der Waals surface area (Å²) >= 11 is 13.7. The maximum absolute atomic E-state index is 12.6. The Bertz CT molecular complexity index is 1100. The molecule has 1 aliphatic heterocycles. The van der Waals surface area contributed by atoms with E-state index in [4.69, 9.17) is 23.2 Å². The molecule has 0 aliphatic carbocycles. The van der Waals surface area contributed by atoms with Gasteiger partial charge in [-0.05, 0) is 56.0 Å². The van der Waals surface area contributed by atoms with Crippen LogP contribution in [0.2, 0.25) is 9.36 Å². The first-order valence-corrected chi connectivity index (χ1v) is 11.6. The Balaban J connectivity index is 1.24. The van der Waals surface area contributed by atoms with E-state index in [9.17, 15) is 9.59 Å². The number of pyridine rings is 1. The molecule has 0 radical (unpaired) electrons. The van der Waals surface area contributed by atoms with Gasteiger partial charge in [-0.2, -0.15) is 0 Å². The number of aromatic amines is 1. The van der Waals surface area contributed by atoms with Gasteiger partial charge in [0.15, 0.2) is 0 Å². The summed E-state index contributed by atoms with van der Waals surface area (Å²) < 4.78 is 0.780. The number of H-pyrrole nitrogens is 1. The van der Waals surface area contributed by atoms with Crippen LogP contribution in [0.5, 0.6) is 0 Å². The van der Waals surface area contributed by atoms with Crippen molar-refractivity contribution in [1.82, 2.24) is 25.9 Å². The molecule has 0 unspecified atom stereocenters. The Hall–Kier alpha value is -2.13. The van der Waals surface area contributed by atoms with Crippen LogP contribution < -0.4 is 16.0 Å². The first-order valence-electron chi connectivity index (χ1n) is 10.1. The van der Waals surface area contributed by atoms with E-state index in [1.807, 2.05) is 18.2 Å². The largest absolute Gasteiger partial charge is 0.350 e. The first kappa shape index (κ1) is 22.1. The highest BCUT2D eigenvalue weighted by atomic mass is 35.5. The molecule has 0 bridgehead atoms. The Morgan fingerprint density at radius 3 is 2.97 bits per heavy atom. The number of hydrogen-bond acceptors (Lipinski definition) is 5. The van der Waals surface area contributed by atoms with Crippen molar-refractivity contribution in [3.05, 3.63) is 50.4 Å². The second-order valence-corrected chi connectivity index (χ2v) is 10.0. The molecular weight excluding hydrogens is 457 g/mol. The summed E-state index contributed by atoms with van der Waals surface area (Å²) in [5.74, 6) is -0.0368. The van der Waals surface area contributed by atoms with Crippen LogP contribution in [0.3, 0.4) is 0 Å². The SMILES string of the molecule is C[C@H](NC(=O)[C@H]1C[C@H](Cc2ccc(Cl)s2)CN1)C(=O)NCc1cnc2[nH]cc(Cl)c2c1. The zero-order valence-electron chi connectivity index (χ0n) is 16.9. The maximum Gasteiger partial charge on any atom is 0.242 e. The summed E-state index contributed by atoms with van der Waals surface area (Å²) in [7, 11) is 0. The van der Waals surface area contributed by atoms with Gasteiger partial charge >= 0.3 is 0 Å². The van der Waals surface area contributed by atoms with E-state index in [2.05, 4.69) is 25.9 Å². The molecule has 4 rings (SSSR count). The molecule has 4 N–H and O–H groups in total. The topological polar surface area (TPSA) is 98.9 Å². The van der Waals surface area contributed by atoms with Crippen molar-refractivity contribution >= 4 is 57.4 Å². The smallest absolute Gasteiger partial charge is 0.242 e. The number of carbonyl (C=O) groups excluding carboxylic acids is 2. The van der Waals surface area contributed by atoms with Gasteiger partial charge in [-0.3, -0.25) is 9.59 Å². The summed E-state index contributed by atoms with van der Waals surface area (Å²) in [4.78, 5) is 33.5. The van der Waals surface area contributed by atoms with Gasteiger partial charge in [0.2, 0.25) is 11.8 Å². The van der Waals surface area contributed by atoms with Crippen LogP contribution in [0, 0.1) is 5.92 Å². The van der Waals surface area contributed by atoms with Crippen molar-refractivity contribution in [3.63, 3.8) is 0 Å². The summed E-state index contributed by atoms with van der Waals surface area (Å²) in [6.07, 6.45) is 4.99. The minimum absolute atomic E-state index is 0.156. The van der Waals surface area contributed by atoms with Gasteiger partial charge in [0.25, 0.3) is 0 Å². The lowest BCUT2D eigenvalue weighted by molar-refractivity contribution is -0.129. The summed E-state index contributed by atoms with van der Waals surface area (Å²) in [6.45, 7) is 2.75. The third-order valence-corrected chi connectivity index (χ3v) is 6.98. The fraction of sp³-hybridized carbons (Fsp3) is 0.381. The van der Waals surface area contributed by atoms with E-state index >= 15 is 0 Å². The molecule has 2 amide bonds. The zero-order valence-corrected chi connectivity index (χ0v) is 19.2. The van der Waals surface area contributed by atoms with Gasteiger partial charge in [0.05, 0.1) is 15.4 Å². The second kappa shape index (κ2) is 9.56. The van der Waals surface area contributed by atoms with Crippen LogP contribution in [0.25, 0.3) is 11.0 Å². The fourth-order valence-corrected chi connectivity index (χ4v) is 5.14. The maximum atomic E-state index is 12.6. The monoisotopic (exact) mass is 479 g/mol. The molecule has 0 aromatic carbocycles. The van der Waals surface area contributed by atoms with Crippen LogP contribution in [0.15, 0.2) is 30.6 Å². The minimum atomic E-state index is -0.642. The number of nitrogens with one attached hydrogen (secondary N) is 4. The Morgan fingerprint density at radius 1 is 1.35 bits per heavy atom. The molecule has 164 valence electrons. The molecule has 1 saturated heterocycles. The molecule has 0 spiro atoms. The highest BCUT2D eigenvalue weighted by Crippen LogP contribution is 2.27. The lowest BCUT2D eigenvalue weighted by Gasteiger charge is -2.17. The standard InChI is InChI=1S/C21H23Cl2N5O2S/c1-11(20(29)27-9-13-5-15-16(22)10-26-19(15)25-8-13)28-21(30)17-6-12(7-24-17)4-14-2-3-18(23)31-14/h2-3,5,8,10-12,17,24H,4,6-7,9H2,1H3,(H,25,26)(H,27,29)(H,28,30)/t11-,12-,17+/m0/s1. The molecular formula is C21H23Cl2N5O2S. The van der Waals surface area contributed by atoms with Crippen LogP contribution in [0.4, 0.5) is 0 Å². The van der Waals surface area contributed by atoms with Crippen molar-refractivity contribution in [1.29, 1.82) is 0 Å². The number of rotatable bonds is 7. The van der Waals surface area contributed by atoms with Crippen molar-refractivity contribution in [2.24, 2.45) is 5.92 Å². The molecule has 4 heterocycles. The van der Waals surface area contributed by atoms with E-state index in [1.165, 1.54) is 4.88 Å². The molecule has 3 atom stereocenters. The van der Waals surface area contributed by atoms with Gasteiger partial charge in [-0.1, -0.05) is 23.2 Å². The first-order chi connectivity index (χ1) is 14.9. The van der Waals surface area contributed by atoms with Gasteiger partial charge in [0, 0.05) is 29.2 Å². The number of amides is 2. The number of aromatic nitrogens is 2. The summed E-state index contributed by atoms with van der Waals surface area (Å²) in [6, 6.07) is 4.88. The molecule has 31 heavy (non-hydrogen) atoms. The van der Waals surface area contributed by atoms with E-state index < -0.39 is 6.04 Å². The lowest BCUT2D eigenvalue weighted by atomic mass is 10.0. The highest BCUT2D eigenvalue weighted by Gasteiger charge is 2.31. The Kier molecular flexibility index (Phi) is 6.81. The third kappa shape index (κ3) is 5.38. The van der Waals surface area contributed by atoms with Crippen LogP contribution >= 0.6 is 34.5 Å². The van der Waals surface area contributed by atoms with Gasteiger partial charge < -0.3 is 20.9 Å². The Morgan fingerprint density at radius 2 is 2.19 bits per heavy atom. The average Bonchev–Trinajstić information content (AvgIpc) is 3.47. The number of hydrogen-bond donors (Lipinski definition) is 4. The molecule has 1 fully saturated rings. The highest BCUT2D eigenvalue weighted by molar-refractivity contribution is 7.16. The van der Waals surface area contributed by atoms with Gasteiger partial charge in [-0.25, -0.2) is 4.98 Å². The zero-order chi connectivity index (χ0) is 22.0. The average molecular weight is 480 g/mol. The number of carbonyl (C=O) groups is 2. The number of nitrogens with zero attached hydrogens (tertiary/aromatic N) is 1. The molecule has 10 heteroatoms. The second-order valence-electron chi connectivity index (χ2n) is 7.80. The van der Waals surface area contributed by atoms with Crippen LogP contribution in [-0.4, -0.2) is 40.4 Å². The Labute approximate surface area is 193 Å². The third-order valence-electron chi connectivity index (χ3n) is 5.41. The lowest BCUT2D eigenvalue weighted by Crippen LogP contribution is -2.49. The minimum Gasteiger partial charge on any atom is -0.350 e. The molecule has 0 saturated carbocycles. The van der Waals surface area contributed by atoms with Crippen LogP contribution in [0.1, 0.15) is 23.8 Å². The molecule has 3 aromatic rings. The van der Waals surface area contributed by atoms with Gasteiger partial charge in [-0.15, -0.1) is 11.3 Å². The number of halogens is 2. The van der Waals surface area contributed by atoms with Crippen molar-refractivity contribution in [3.8, 4) is 0 Å². The van der Waals surface area contributed by atoms with E-state index in [1.54, 1.807) is 30.7 Å². The predicted octanol–water partition coefficient (Wildman–Crippen LogP) is 3.27. The summed E-state index contributed by atoms with van der Waals surface area (Å²) in [5, 5.41) is 10.3. The van der Waals surface area contributed by atoms with Gasteiger partial charge in [0.1, 0.15) is 11.7 Å². The molecule has 3 aromatic heterocycles. The predicted molar refractivity (Wildman–Crippen MR) is 123 cm³/mol.